The maximum atomic E-state index is 11.3. The molecule has 1 atom stereocenters. The van der Waals surface area contributed by atoms with Crippen molar-refractivity contribution in [2.75, 3.05) is 12.4 Å². The molecule has 0 bridgehead atoms. The zero-order valence-corrected chi connectivity index (χ0v) is 9.33. The summed E-state index contributed by atoms with van der Waals surface area (Å²) in [6.07, 6.45) is 3.38. The van der Waals surface area contributed by atoms with Crippen LogP contribution in [0.15, 0.2) is 29.4 Å². The van der Waals surface area contributed by atoms with Crippen LogP contribution in [0.25, 0.3) is 0 Å². The van der Waals surface area contributed by atoms with E-state index in [-0.39, 0.29) is 18.6 Å². The number of nitrogens with one attached hydrogen (secondary N) is 1. The number of carbonyl (C=O) groups excluding carboxylic acids is 1. The second kappa shape index (κ2) is 6.42. The molecular weight excluding hydrogens is 212 g/mol. The second-order valence-electron chi connectivity index (χ2n) is 3.12. The van der Waals surface area contributed by atoms with Crippen LogP contribution < -0.4 is 5.32 Å². The fourth-order valence-corrected chi connectivity index (χ4v) is 1.64. The lowest BCUT2D eigenvalue weighted by atomic mass is 10.4. The van der Waals surface area contributed by atoms with Crippen molar-refractivity contribution in [3.05, 3.63) is 24.5 Å². The first kappa shape index (κ1) is 12.0. The quantitative estimate of drug-likeness (QED) is 0.724. The van der Waals surface area contributed by atoms with Gasteiger partial charge in [-0.2, -0.15) is 0 Å². The first-order valence-corrected chi connectivity index (χ1v) is 5.64. The van der Waals surface area contributed by atoms with Crippen molar-refractivity contribution >= 4 is 17.7 Å². The van der Waals surface area contributed by atoms with Gasteiger partial charge in [-0.15, -0.1) is 11.8 Å². The molecular formula is C10H14N2O2S. The highest BCUT2D eigenvalue weighted by molar-refractivity contribution is 8.00. The molecule has 0 saturated carbocycles. The van der Waals surface area contributed by atoms with E-state index < -0.39 is 0 Å². The Morgan fingerprint density at radius 3 is 2.87 bits per heavy atom. The van der Waals surface area contributed by atoms with E-state index in [2.05, 4.69) is 10.3 Å². The molecule has 1 rings (SSSR count). The van der Waals surface area contributed by atoms with Gasteiger partial charge in [0.05, 0.1) is 12.4 Å². The fourth-order valence-electron chi connectivity index (χ4n) is 0.945. The number of hydrogen-bond donors (Lipinski definition) is 2. The Morgan fingerprint density at radius 1 is 1.60 bits per heavy atom. The molecule has 0 saturated heterocycles. The van der Waals surface area contributed by atoms with Crippen LogP contribution in [-0.4, -0.2) is 34.4 Å². The summed E-state index contributed by atoms with van der Waals surface area (Å²) < 4.78 is 0. The molecule has 1 amide bonds. The first-order valence-electron chi connectivity index (χ1n) is 4.65. The van der Waals surface area contributed by atoms with Crippen LogP contribution in [0.5, 0.6) is 0 Å². The van der Waals surface area contributed by atoms with E-state index in [1.807, 2.05) is 12.1 Å². The summed E-state index contributed by atoms with van der Waals surface area (Å²) in [5, 5.41) is 11.4. The van der Waals surface area contributed by atoms with E-state index in [4.69, 9.17) is 5.11 Å². The van der Waals surface area contributed by atoms with Crippen LogP contribution in [0, 0.1) is 0 Å². The summed E-state index contributed by atoms with van der Waals surface area (Å²) in [5.41, 5.74) is 0. The maximum absolute atomic E-state index is 11.3. The van der Waals surface area contributed by atoms with E-state index >= 15 is 0 Å². The van der Waals surface area contributed by atoms with Gasteiger partial charge in [-0.25, -0.2) is 0 Å². The summed E-state index contributed by atoms with van der Waals surface area (Å²) in [7, 11) is 0. The maximum Gasteiger partial charge on any atom is 0.230 e. The van der Waals surface area contributed by atoms with Crippen LogP contribution in [0.3, 0.4) is 0 Å². The molecule has 15 heavy (non-hydrogen) atoms. The minimum Gasteiger partial charge on any atom is -0.394 e. The third-order valence-electron chi connectivity index (χ3n) is 1.70. The molecule has 0 aliphatic heterocycles. The zero-order chi connectivity index (χ0) is 11.1. The summed E-state index contributed by atoms with van der Waals surface area (Å²) >= 11 is 1.45. The van der Waals surface area contributed by atoms with Gasteiger partial charge in [0.2, 0.25) is 5.91 Å². The van der Waals surface area contributed by atoms with Gasteiger partial charge in [-0.1, -0.05) is 0 Å². The number of pyridine rings is 1. The number of nitrogens with zero attached hydrogens (tertiary/aromatic N) is 1. The topological polar surface area (TPSA) is 62.2 Å². The number of amides is 1. The van der Waals surface area contributed by atoms with Crippen molar-refractivity contribution in [1.29, 1.82) is 0 Å². The molecule has 0 spiro atoms. The number of thioether (sulfide) groups is 1. The lowest BCUT2D eigenvalue weighted by molar-refractivity contribution is -0.119. The van der Waals surface area contributed by atoms with Gasteiger partial charge in [0.25, 0.3) is 0 Å². The number of aromatic nitrogens is 1. The van der Waals surface area contributed by atoms with Gasteiger partial charge >= 0.3 is 0 Å². The predicted octanol–water partition coefficient (Wildman–Crippen LogP) is 0.671. The molecule has 0 aliphatic carbocycles. The Hall–Kier alpha value is -1.07. The first-order chi connectivity index (χ1) is 7.22. The molecule has 4 nitrogen and oxygen atoms in total. The van der Waals surface area contributed by atoms with Gasteiger partial charge < -0.3 is 10.4 Å². The third kappa shape index (κ3) is 4.80. The van der Waals surface area contributed by atoms with Crippen LogP contribution >= 0.6 is 11.8 Å². The zero-order valence-electron chi connectivity index (χ0n) is 8.51. The average molecular weight is 226 g/mol. The van der Waals surface area contributed by atoms with Crippen LogP contribution in [-0.2, 0) is 4.79 Å². The van der Waals surface area contributed by atoms with Gasteiger partial charge in [0, 0.05) is 23.3 Å². The fraction of sp³-hybridized carbons (Fsp3) is 0.400. The largest absolute Gasteiger partial charge is 0.394 e. The smallest absolute Gasteiger partial charge is 0.230 e. The summed E-state index contributed by atoms with van der Waals surface area (Å²) in [5.74, 6) is 0.285. The molecule has 1 heterocycles. The van der Waals surface area contributed by atoms with Crippen LogP contribution in [0.1, 0.15) is 6.92 Å². The summed E-state index contributed by atoms with van der Waals surface area (Å²) in [6, 6.07) is 3.52. The lowest BCUT2D eigenvalue weighted by Gasteiger charge is -2.10. The van der Waals surface area contributed by atoms with Crippen molar-refractivity contribution in [2.24, 2.45) is 0 Å². The predicted molar refractivity (Wildman–Crippen MR) is 59.7 cm³/mol. The molecule has 0 aliphatic rings. The van der Waals surface area contributed by atoms with Crippen LogP contribution in [0.4, 0.5) is 0 Å². The molecule has 1 aromatic heterocycles. The van der Waals surface area contributed by atoms with Crippen molar-refractivity contribution in [3.63, 3.8) is 0 Å². The number of carbonyl (C=O) groups is 1. The lowest BCUT2D eigenvalue weighted by Crippen LogP contribution is -2.36. The van der Waals surface area contributed by atoms with Crippen molar-refractivity contribution in [2.45, 2.75) is 17.9 Å². The molecule has 0 aromatic carbocycles. The number of rotatable bonds is 5. The van der Waals surface area contributed by atoms with E-state index in [1.54, 1.807) is 19.3 Å². The number of aliphatic hydroxyl groups excluding tert-OH is 1. The Labute approximate surface area is 93.1 Å². The van der Waals surface area contributed by atoms with Crippen molar-refractivity contribution in [1.82, 2.24) is 10.3 Å². The molecule has 1 aromatic rings. The summed E-state index contributed by atoms with van der Waals surface area (Å²) in [4.78, 5) is 16.2. The van der Waals surface area contributed by atoms with Gasteiger partial charge in [-0.3, -0.25) is 9.78 Å². The molecule has 0 radical (unpaired) electrons. The summed E-state index contributed by atoms with van der Waals surface area (Å²) in [6.45, 7) is 1.72. The SMILES string of the molecule is C[C@@H](CO)NC(=O)CSc1ccncc1. The minimum atomic E-state index is -0.185. The van der Waals surface area contributed by atoms with Gasteiger partial charge in [-0.05, 0) is 19.1 Å². The number of hydrogen-bond acceptors (Lipinski definition) is 4. The van der Waals surface area contributed by atoms with Crippen molar-refractivity contribution in [3.8, 4) is 0 Å². The Bertz CT molecular complexity index is 306. The highest BCUT2D eigenvalue weighted by Crippen LogP contribution is 2.15. The molecule has 82 valence electrons. The molecule has 0 fully saturated rings. The molecule has 5 heteroatoms. The standard InChI is InChI=1S/C10H14N2O2S/c1-8(6-13)12-10(14)7-15-9-2-4-11-5-3-9/h2-5,8,13H,6-7H2,1H3,(H,12,14)/t8-/m0/s1. The van der Waals surface area contributed by atoms with Crippen LogP contribution in [0.2, 0.25) is 0 Å². The Kier molecular flexibility index (Phi) is 5.14. The van der Waals surface area contributed by atoms with E-state index in [9.17, 15) is 4.79 Å². The number of aliphatic hydroxyl groups is 1. The van der Waals surface area contributed by atoms with E-state index in [0.29, 0.717) is 5.75 Å². The Morgan fingerprint density at radius 2 is 2.27 bits per heavy atom. The van der Waals surface area contributed by atoms with Gasteiger partial charge in [0.15, 0.2) is 0 Å². The van der Waals surface area contributed by atoms with Gasteiger partial charge in [0.1, 0.15) is 0 Å². The normalized spacial score (nSPS) is 12.1. The average Bonchev–Trinajstić information content (AvgIpc) is 2.27. The highest BCUT2D eigenvalue weighted by Gasteiger charge is 2.06. The highest BCUT2D eigenvalue weighted by atomic mass is 32.2. The Balaban J connectivity index is 2.29. The molecule has 0 unspecified atom stereocenters. The second-order valence-corrected chi connectivity index (χ2v) is 4.17. The third-order valence-corrected chi connectivity index (χ3v) is 2.71. The monoisotopic (exact) mass is 226 g/mol. The molecule has 2 N–H and O–H groups in total. The minimum absolute atomic E-state index is 0.0360. The van der Waals surface area contributed by atoms with E-state index in [0.717, 1.165) is 4.90 Å². The van der Waals surface area contributed by atoms with E-state index in [1.165, 1.54) is 11.8 Å². The van der Waals surface area contributed by atoms with Crippen molar-refractivity contribution < 1.29 is 9.90 Å².